The predicted octanol–water partition coefficient (Wildman–Crippen LogP) is 5.20. The molecule has 0 aromatic carbocycles. The number of carboxylic acid groups (broad SMARTS) is 1. The fourth-order valence-electron chi connectivity index (χ4n) is 6.73. The minimum Gasteiger partial charge on any atom is -0.465 e. The van der Waals surface area contributed by atoms with Gasteiger partial charge in [0, 0.05) is 67.0 Å². The van der Waals surface area contributed by atoms with Gasteiger partial charge in [-0.25, -0.2) is 14.3 Å². The molecule has 6 heterocycles. The molecule has 4 aromatic rings. The van der Waals surface area contributed by atoms with Crippen LogP contribution in [0.1, 0.15) is 52.0 Å². The Morgan fingerprint density at radius 3 is 2.58 bits per heavy atom. The Morgan fingerprint density at radius 1 is 1.10 bits per heavy atom. The molecule has 2 atom stereocenters. The number of likely N-dealkylation sites (tertiary alicyclic amines) is 1. The molecule has 206 valence electrons. The number of nitriles is 1. The SMILES string of the molecule is Cn1cc(-c2cc(-c3ccc(N4CCCC5(CCC(C(C)(C)C)N5C(=O)O)C4)nc3)c3c(C#N)cnn3c2)cn1. The van der Waals surface area contributed by atoms with Gasteiger partial charge in [0.25, 0.3) is 0 Å². The molecule has 0 radical (unpaired) electrons. The number of rotatable bonds is 3. The average molecular weight is 539 g/mol. The van der Waals surface area contributed by atoms with E-state index in [0.717, 1.165) is 65.8 Å². The van der Waals surface area contributed by atoms with Crippen molar-refractivity contribution < 1.29 is 9.90 Å². The summed E-state index contributed by atoms with van der Waals surface area (Å²) in [6, 6.07) is 8.35. The van der Waals surface area contributed by atoms with Crippen LogP contribution < -0.4 is 4.90 Å². The molecule has 10 nitrogen and oxygen atoms in total. The number of pyridine rings is 2. The molecular formula is C30H34N8O2. The fourth-order valence-corrected chi connectivity index (χ4v) is 6.73. The van der Waals surface area contributed by atoms with Crippen LogP contribution in [0.2, 0.25) is 0 Å². The van der Waals surface area contributed by atoms with Gasteiger partial charge in [0.1, 0.15) is 11.9 Å². The Kier molecular flexibility index (Phi) is 6.06. The zero-order valence-electron chi connectivity index (χ0n) is 23.4. The molecule has 1 amide bonds. The Hall–Kier alpha value is -4.39. The van der Waals surface area contributed by atoms with Crippen LogP contribution in [0.4, 0.5) is 10.6 Å². The van der Waals surface area contributed by atoms with E-state index in [4.69, 9.17) is 4.98 Å². The van der Waals surface area contributed by atoms with Crippen LogP contribution >= 0.6 is 0 Å². The number of carbonyl (C=O) groups is 1. The highest BCUT2D eigenvalue weighted by Crippen LogP contribution is 2.46. The van der Waals surface area contributed by atoms with E-state index in [1.807, 2.05) is 37.8 Å². The topological polar surface area (TPSA) is 116 Å². The van der Waals surface area contributed by atoms with Gasteiger partial charge >= 0.3 is 6.09 Å². The van der Waals surface area contributed by atoms with Crippen LogP contribution in [-0.4, -0.2) is 65.1 Å². The van der Waals surface area contributed by atoms with Crippen molar-refractivity contribution in [2.24, 2.45) is 12.5 Å². The first-order chi connectivity index (χ1) is 19.1. The van der Waals surface area contributed by atoms with Gasteiger partial charge in [0.2, 0.25) is 0 Å². The number of hydrogen-bond donors (Lipinski definition) is 1. The zero-order chi connectivity index (χ0) is 28.2. The molecule has 2 unspecified atom stereocenters. The summed E-state index contributed by atoms with van der Waals surface area (Å²) in [5.74, 6) is 0.834. The third kappa shape index (κ3) is 4.26. The van der Waals surface area contributed by atoms with Gasteiger partial charge in [-0.2, -0.15) is 15.5 Å². The van der Waals surface area contributed by atoms with Crippen molar-refractivity contribution >= 4 is 17.4 Å². The highest BCUT2D eigenvalue weighted by Gasteiger charge is 2.53. The van der Waals surface area contributed by atoms with Crippen molar-refractivity contribution in [3.05, 3.63) is 54.7 Å². The van der Waals surface area contributed by atoms with Gasteiger partial charge in [-0.05, 0) is 49.3 Å². The molecule has 2 saturated heterocycles. The first-order valence-corrected chi connectivity index (χ1v) is 13.7. The lowest BCUT2D eigenvalue weighted by Gasteiger charge is -2.48. The molecule has 2 aliphatic rings. The van der Waals surface area contributed by atoms with Crippen molar-refractivity contribution in [1.29, 1.82) is 5.26 Å². The fraction of sp³-hybridized carbons (Fsp3) is 0.433. The highest BCUT2D eigenvalue weighted by atomic mass is 16.4. The van der Waals surface area contributed by atoms with E-state index in [1.54, 1.807) is 26.5 Å². The summed E-state index contributed by atoms with van der Waals surface area (Å²) in [6.07, 6.45) is 11.8. The van der Waals surface area contributed by atoms with Crippen LogP contribution in [0.3, 0.4) is 0 Å². The van der Waals surface area contributed by atoms with Crippen molar-refractivity contribution in [1.82, 2.24) is 29.3 Å². The lowest BCUT2D eigenvalue weighted by atomic mass is 9.85. The number of aryl methyl sites for hydroxylation is 1. The molecule has 6 rings (SSSR count). The van der Waals surface area contributed by atoms with Gasteiger partial charge in [0.05, 0.1) is 29.0 Å². The minimum atomic E-state index is -0.825. The van der Waals surface area contributed by atoms with E-state index in [2.05, 4.69) is 48.0 Å². The molecule has 1 N–H and O–H groups in total. The number of fused-ring (bicyclic) bond motifs is 1. The number of anilines is 1. The maximum absolute atomic E-state index is 12.5. The van der Waals surface area contributed by atoms with Crippen molar-refractivity contribution in [2.45, 2.75) is 58.0 Å². The third-order valence-corrected chi connectivity index (χ3v) is 8.62. The summed E-state index contributed by atoms with van der Waals surface area (Å²) in [6.45, 7) is 7.87. The standard InChI is InChI=1S/C30H34N8O2/c1-29(2,3)25-8-10-30(38(25)28(39)40)9-5-11-36(19-30)26-7-6-20(14-32-26)24-12-21(23-16-33-35(4)17-23)18-37-27(24)22(13-31)15-34-37/h6-7,12,14-18,25H,5,8-11,19H2,1-4H3,(H,39,40). The minimum absolute atomic E-state index is 0.000213. The lowest BCUT2D eigenvalue weighted by Crippen LogP contribution is -2.60. The number of amides is 1. The first-order valence-electron chi connectivity index (χ1n) is 13.7. The smallest absolute Gasteiger partial charge is 0.408 e. The summed E-state index contributed by atoms with van der Waals surface area (Å²) in [7, 11) is 1.88. The molecular weight excluding hydrogens is 504 g/mol. The molecule has 4 aromatic heterocycles. The van der Waals surface area contributed by atoms with Crippen LogP contribution in [0.5, 0.6) is 0 Å². The highest BCUT2D eigenvalue weighted by molar-refractivity contribution is 5.87. The summed E-state index contributed by atoms with van der Waals surface area (Å²) < 4.78 is 3.50. The number of piperidine rings is 1. The Balaban J connectivity index is 1.34. The summed E-state index contributed by atoms with van der Waals surface area (Å²) in [4.78, 5) is 21.3. The van der Waals surface area contributed by atoms with E-state index >= 15 is 0 Å². The quantitative estimate of drug-likeness (QED) is 0.381. The van der Waals surface area contributed by atoms with Crippen LogP contribution in [0.15, 0.2) is 49.2 Å². The maximum Gasteiger partial charge on any atom is 0.408 e. The molecule has 2 fully saturated rings. The summed E-state index contributed by atoms with van der Waals surface area (Å²) in [5.41, 5.74) is 4.36. The average Bonchev–Trinajstić information content (AvgIpc) is 3.65. The van der Waals surface area contributed by atoms with E-state index in [9.17, 15) is 15.2 Å². The van der Waals surface area contributed by atoms with Crippen LogP contribution in [0.25, 0.3) is 27.8 Å². The van der Waals surface area contributed by atoms with E-state index in [-0.39, 0.29) is 11.5 Å². The zero-order valence-corrected chi connectivity index (χ0v) is 23.4. The predicted molar refractivity (Wildman–Crippen MR) is 152 cm³/mol. The summed E-state index contributed by atoms with van der Waals surface area (Å²) >= 11 is 0. The van der Waals surface area contributed by atoms with Gasteiger partial charge < -0.3 is 10.0 Å². The molecule has 2 aliphatic heterocycles. The van der Waals surface area contributed by atoms with Crippen LogP contribution in [0, 0.1) is 16.7 Å². The van der Waals surface area contributed by atoms with Gasteiger partial charge in [0.15, 0.2) is 0 Å². The van der Waals surface area contributed by atoms with Crippen LogP contribution in [-0.2, 0) is 7.05 Å². The molecule has 0 aliphatic carbocycles. The Bertz CT molecular complexity index is 1620. The molecule has 0 saturated carbocycles. The lowest BCUT2D eigenvalue weighted by molar-refractivity contribution is 0.0411. The number of hydrogen-bond acceptors (Lipinski definition) is 6. The molecule has 40 heavy (non-hydrogen) atoms. The van der Waals surface area contributed by atoms with Crippen molar-refractivity contribution in [3.8, 4) is 28.3 Å². The maximum atomic E-state index is 12.5. The monoisotopic (exact) mass is 538 g/mol. The van der Waals surface area contributed by atoms with Crippen molar-refractivity contribution in [2.75, 3.05) is 18.0 Å². The summed E-state index contributed by atoms with van der Waals surface area (Å²) in [5, 5.41) is 28.7. The van der Waals surface area contributed by atoms with E-state index in [1.165, 1.54) is 0 Å². The van der Waals surface area contributed by atoms with Gasteiger partial charge in [-0.1, -0.05) is 20.8 Å². The Labute approximate surface area is 233 Å². The van der Waals surface area contributed by atoms with Gasteiger partial charge in [-0.3, -0.25) is 9.58 Å². The second-order valence-electron chi connectivity index (χ2n) is 12.2. The normalized spacial score (nSPS) is 21.3. The first kappa shape index (κ1) is 25.9. The molecule has 1 spiro atoms. The second-order valence-corrected chi connectivity index (χ2v) is 12.2. The van der Waals surface area contributed by atoms with E-state index < -0.39 is 11.6 Å². The van der Waals surface area contributed by atoms with Crippen molar-refractivity contribution in [3.63, 3.8) is 0 Å². The second kappa shape index (κ2) is 9.37. The third-order valence-electron chi connectivity index (χ3n) is 8.62. The largest absolute Gasteiger partial charge is 0.465 e. The Morgan fingerprint density at radius 2 is 1.93 bits per heavy atom. The van der Waals surface area contributed by atoms with E-state index in [0.29, 0.717) is 12.1 Å². The number of aromatic nitrogens is 5. The molecule has 0 bridgehead atoms. The number of nitrogens with zero attached hydrogens (tertiary/aromatic N) is 8. The van der Waals surface area contributed by atoms with Gasteiger partial charge in [-0.15, -0.1) is 0 Å². The molecule has 10 heteroatoms.